The van der Waals surface area contributed by atoms with Gasteiger partial charge in [0.05, 0.1) is 25.9 Å². The highest BCUT2D eigenvalue weighted by Crippen LogP contribution is 2.66. The van der Waals surface area contributed by atoms with Crippen LogP contribution in [-0.4, -0.2) is 53.6 Å². The second kappa shape index (κ2) is 13.1. The average molecular weight is 551 g/mol. The van der Waals surface area contributed by atoms with Gasteiger partial charge < -0.3 is 14.4 Å². The molecule has 6 nitrogen and oxygen atoms in total. The Labute approximate surface area is 242 Å². The lowest BCUT2D eigenvalue weighted by atomic mass is 10.0. The van der Waals surface area contributed by atoms with E-state index in [9.17, 15) is 9.59 Å². The summed E-state index contributed by atoms with van der Waals surface area (Å²) in [4.78, 5) is 30.5. The Bertz CT molecular complexity index is 1330. The van der Waals surface area contributed by atoms with Gasteiger partial charge in [0.1, 0.15) is 0 Å². The third kappa shape index (κ3) is 6.34. The van der Waals surface area contributed by atoms with E-state index < -0.39 is 0 Å². The molecule has 0 aromatic heterocycles. The number of hydrogen-bond acceptors (Lipinski definition) is 4. The fourth-order valence-electron chi connectivity index (χ4n) is 6.16. The number of carbonyl (C=O) groups excluding carboxylic acids is 2. The number of urea groups is 1. The van der Waals surface area contributed by atoms with Crippen molar-refractivity contribution in [2.24, 2.45) is 11.3 Å². The predicted octanol–water partition coefficient (Wildman–Crippen LogP) is 6.50. The molecule has 6 heteroatoms. The van der Waals surface area contributed by atoms with Crippen molar-refractivity contribution >= 4 is 11.9 Å². The standard InChI is InChI=1S/C35H38N2O4/c1-3-20-36(34(39)37(21-4-2)33(38)29-18-12-7-13-19-29)31-22-32(41-25-28-16-10-6-11-17-28)35(23-30(31)35)26-40-24-27-14-8-5-9-15-27/h3-19,30-32H,1-2,20-26H2/t30-,31+,32+,35+/m1/s1. The van der Waals surface area contributed by atoms with Crippen LogP contribution in [0.25, 0.3) is 0 Å². The van der Waals surface area contributed by atoms with Crippen LogP contribution in [0.4, 0.5) is 4.79 Å². The van der Waals surface area contributed by atoms with Crippen LogP contribution in [0.3, 0.4) is 0 Å². The van der Waals surface area contributed by atoms with Gasteiger partial charge in [0.2, 0.25) is 0 Å². The molecule has 2 aliphatic carbocycles. The number of fused-ring (bicyclic) bond motifs is 1. The molecule has 0 N–H and O–H groups in total. The van der Waals surface area contributed by atoms with E-state index in [0.717, 1.165) is 17.5 Å². The molecule has 2 aliphatic rings. The maximum atomic E-state index is 14.0. The van der Waals surface area contributed by atoms with E-state index in [2.05, 4.69) is 37.4 Å². The molecular formula is C35H38N2O4. The maximum Gasteiger partial charge on any atom is 0.327 e. The van der Waals surface area contributed by atoms with E-state index in [4.69, 9.17) is 9.47 Å². The van der Waals surface area contributed by atoms with Crippen molar-refractivity contribution in [1.29, 1.82) is 0 Å². The summed E-state index contributed by atoms with van der Waals surface area (Å²) in [5.41, 5.74) is 2.52. The highest BCUT2D eigenvalue weighted by atomic mass is 16.5. The molecule has 5 rings (SSSR count). The Balaban J connectivity index is 1.36. The molecule has 0 unspecified atom stereocenters. The second-order valence-electron chi connectivity index (χ2n) is 10.9. The molecule has 3 aromatic rings. The van der Waals surface area contributed by atoms with E-state index in [1.54, 1.807) is 41.3 Å². The molecule has 0 heterocycles. The van der Waals surface area contributed by atoms with Crippen LogP contribution in [0.1, 0.15) is 34.3 Å². The van der Waals surface area contributed by atoms with E-state index in [1.165, 1.54) is 4.90 Å². The number of benzene rings is 3. The molecule has 0 bridgehead atoms. The number of amides is 3. The minimum absolute atomic E-state index is 0.0775. The van der Waals surface area contributed by atoms with Crippen LogP contribution >= 0.6 is 0 Å². The largest absolute Gasteiger partial charge is 0.376 e. The third-order valence-electron chi connectivity index (χ3n) is 8.30. The molecule has 2 fully saturated rings. The van der Waals surface area contributed by atoms with Crippen molar-refractivity contribution in [3.63, 3.8) is 0 Å². The zero-order chi connectivity index (χ0) is 28.7. The summed E-state index contributed by atoms with van der Waals surface area (Å²) in [6.07, 6.45) is 4.81. The topological polar surface area (TPSA) is 59.1 Å². The molecule has 0 radical (unpaired) electrons. The normalized spacial score (nSPS) is 22.4. The van der Waals surface area contributed by atoms with E-state index in [1.807, 2.05) is 42.5 Å². The molecule has 2 saturated carbocycles. The number of ether oxygens (including phenoxy) is 2. The lowest BCUT2D eigenvalue weighted by molar-refractivity contribution is -0.0405. The van der Waals surface area contributed by atoms with E-state index in [-0.39, 0.29) is 42.0 Å². The smallest absolute Gasteiger partial charge is 0.327 e. The van der Waals surface area contributed by atoms with Crippen molar-refractivity contribution in [1.82, 2.24) is 9.80 Å². The maximum absolute atomic E-state index is 14.0. The van der Waals surface area contributed by atoms with E-state index in [0.29, 0.717) is 38.3 Å². The summed E-state index contributed by atoms with van der Waals surface area (Å²) < 4.78 is 12.9. The van der Waals surface area contributed by atoms with Gasteiger partial charge in [0, 0.05) is 30.1 Å². The first-order valence-corrected chi connectivity index (χ1v) is 14.2. The summed E-state index contributed by atoms with van der Waals surface area (Å²) in [5.74, 6) is -0.131. The van der Waals surface area contributed by atoms with Gasteiger partial charge in [-0.2, -0.15) is 0 Å². The lowest BCUT2D eigenvalue weighted by Crippen LogP contribution is -2.51. The Morgan fingerprint density at radius 1 is 0.829 bits per heavy atom. The van der Waals surface area contributed by atoms with Gasteiger partial charge in [-0.05, 0) is 42.0 Å². The monoisotopic (exact) mass is 550 g/mol. The molecule has 4 atom stereocenters. The van der Waals surface area contributed by atoms with Gasteiger partial charge in [-0.3, -0.25) is 9.69 Å². The Kier molecular flexibility index (Phi) is 9.12. The number of carbonyl (C=O) groups is 2. The summed E-state index contributed by atoms with van der Waals surface area (Å²) in [6, 6.07) is 28.7. The van der Waals surface area contributed by atoms with Crippen molar-refractivity contribution in [2.75, 3.05) is 19.7 Å². The number of nitrogens with zero attached hydrogens (tertiary/aromatic N) is 2. The first-order valence-electron chi connectivity index (χ1n) is 14.2. The molecule has 212 valence electrons. The molecule has 3 aromatic carbocycles. The highest BCUT2D eigenvalue weighted by molar-refractivity contribution is 6.04. The number of rotatable bonds is 13. The molecule has 0 saturated heterocycles. The van der Waals surface area contributed by atoms with Gasteiger partial charge in [-0.15, -0.1) is 13.2 Å². The fourth-order valence-corrected chi connectivity index (χ4v) is 6.16. The summed E-state index contributed by atoms with van der Waals surface area (Å²) in [6.45, 7) is 9.76. The second-order valence-corrected chi connectivity index (χ2v) is 10.9. The zero-order valence-electron chi connectivity index (χ0n) is 23.4. The van der Waals surface area contributed by atoms with Crippen molar-refractivity contribution in [3.05, 3.63) is 133 Å². The Hall–Kier alpha value is -4.00. The summed E-state index contributed by atoms with van der Waals surface area (Å²) in [5, 5.41) is 0. The predicted molar refractivity (Wildman–Crippen MR) is 160 cm³/mol. The van der Waals surface area contributed by atoms with Gasteiger partial charge in [0.25, 0.3) is 5.91 Å². The first-order chi connectivity index (χ1) is 20.1. The third-order valence-corrected chi connectivity index (χ3v) is 8.30. The van der Waals surface area contributed by atoms with Crippen molar-refractivity contribution in [2.45, 2.75) is 38.2 Å². The SMILES string of the molecule is C=CCN(C(=O)c1ccccc1)C(=O)N(CC=C)[C@H]1C[C@H](OCc2ccccc2)[C@]2(COCc3ccccc3)C[C@H]12. The quantitative estimate of drug-likeness (QED) is 0.228. The molecular weight excluding hydrogens is 512 g/mol. The minimum Gasteiger partial charge on any atom is -0.376 e. The van der Waals surface area contributed by atoms with Crippen LogP contribution in [0.5, 0.6) is 0 Å². The highest BCUT2D eigenvalue weighted by Gasteiger charge is 2.69. The van der Waals surface area contributed by atoms with Gasteiger partial charge >= 0.3 is 6.03 Å². The van der Waals surface area contributed by atoms with Crippen molar-refractivity contribution < 1.29 is 19.1 Å². The van der Waals surface area contributed by atoms with Crippen LogP contribution < -0.4 is 0 Å². The Morgan fingerprint density at radius 3 is 2.02 bits per heavy atom. The van der Waals surface area contributed by atoms with Crippen LogP contribution in [0.15, 0.2) is 116 Å². The number of hydrogen-bond donors (Lipinski definition) is 0. The van der Waals surface area contributed by atoms with Crippen LogP contribution in [0.2, 0.25) is 0 Å². The van der Waals surface area contributed by atoms with Crippen LogP contribution in [-0.2, 0) is 22.7 Å². The van der Waals surface area contributed by atoms with E-state index >= 15 is 0 Å². The molecule has 41 heavy (non-hydrogen) atoms. The number of imide groups is 1. The van der Waals surface area contributed by atoms with Gasteiger partial charge in [-0.25, -0.2) is 4.79 Å². The lowest BCUT2D eigenvalue weighted by Gasteiger charge is -2.34. The summed E-state index contributed by atoms with van der Waals surface area (Å²) >= 11 is 0. The Morgan fingerprint density at radius 2 is 1.41 bits per heavy atom. The van der Waals surface area contributed by atoms with Crippen molar-refractivity contribution in [3.8, 4) is 0 Å². The molecule has 0 aliphatic heterocycles. The van der Waals surface area contributed by atoms with Gasteiger partial charge in [0.15, 0.2) is 0 Å². The first kappa shape index (κ1) is 28.5. The zero-order valence-corrected chi connectivity index (χ0v) is 23.4. The minimum atomic E-state index is -0.340. The van der Waals surface area contributed by atoms with Gasteiger partial charge in [-0.1, -0.05) is 91.0 Å². The average Bonchev–Trinajstić information content (AvgIpc) is 3.67. The molecule has 3 amide bonds. The van der Waals surface area contributed by atoms with Crippen LogP contribution in [0, 0.1) is 11.3 Å². The summed E-state index contributed by atoms with van der Waals surface area (Å²) in [7, 11) is 0. The fraction of sp³-hybridized carbons (Fsp3) is 0.314. The molecule has 0 spiro atoms.